The van der Waals surface area contributed by atoms with Crippen LogP contribution in [0.3, 0.4) is 0 Å². The van der Waals surface area contributed by atoms with Crippen LogP contribution in [0.5, 0.6) is 5.88 Å². The molecular weight excluding hydrogens is 409 g/mol. The topological polar surface area (TPSA) is 82.8 Å². The number of morpholine rings is 1. The molecule has 11 heteroatoms. The Labute approximate surface area is 169 Å². The quantitative estimate of drug-likeness (QED) is 0.565. The molecule has 1 fully saturated rings. The number of ether oxygens (including phenoxy) is 1. The van der Waals surface area contributed by atoms with E-state index >= 15 is 0 Å². The van der Waals surface area contributed by atoms with Crippen molar-refractivity contribution in [1.82, 2.24) is 14.5 Å². The zero-order valence-electron chi connectivity index (χ0n) is 15.3. The molecule has 1 aliphatic heterocycles. The molecule has 1 saturated heterocycles. The molecule has 0 aliphatic carbocycles. The molecule has 1 aliphatic rings. The van der Waals surface area contributed by atoms with Crippen LogP contribution in [0.15, 0.2) is 34.1 Å². The fourth-order valence-corrected chi connectivity index (χ4v) is 3.18. The van der Waals surface area contributed by atoms with Gasteiger partial charge < -0.3 is 9.84 Å². The summed E-state index contributed by atoms with van der Waals surface area (Å²) in [6, 6.07) is 4.29. The third-order valence-electron chi connectivity index (χ3n) is 4.42. The minimum absolute atomic E-state index is 0.0264. The summed E-state index contributed by atoms with van der Waals surface area (Å²) < 4.78 is 45.0. The van der Waals surface area contributed by atoms with Gasteiger partial charge in [0, 0.05) is 25.8 Å². The van der Waals surface area contributed by atoms with Crippen molar-refractivity contribution in [3.8, 4) is 11.6 Å². The summed E-state index contributed by atoms with van der Waals surface area (Å²) in [5, 5.41) is 10.5. The molecule has 156 valence electrons. The predicted molar refractivity (Wildman–Crippen MR) is 104 cm³/mol. The Morgan fingerprint density at radius 1 is 1.31 bits per heavy atom. The van der Waals surface area contributed by atoms with Crippen molar-refractivity contribution in [2.75, 3.05) is 39.4 Å². The minimum Gasteiger partial charge on any atom is -0.494 e. The van der Waals surface area contributed by atoms with Gasteiger partial charge in [0.2, 0.25) is 5.88 Å². The lowest BCUT2D eigenvalue weighted by Gasteiger charge is -2.25. The Morgan fingerprint density at radius 3 is 2.72 bits per heavy atom. The van der Waals surface area contributed by atoms with E-state index in [4.69, 9.17) is 17.0 Å². The van der Waals surface area contributed by atoms with Crippen molar-refractivity contribution < 1.29 is 23.0 Å². The summed E-state index contributed by atoms with van der Waals surface area (Å²) >= 11 is 5.03. The monoisotopic (exact) mass is 428 g/mol. The van der Waals surface area contributed by atoms with Crippen LogP contribution in [0.25, 0.3) is 5.69 Å². The van der Waals surface area contributed by atoms with Crippen LogP contribution in [0.1, 0.15) is 11.1 Å². The third-order valence-corrected chi connectivity index (χ3v) is 4.71. The first-order valence-electron chi connectivity index (χ1n) is 8.83. The van der Waals surface area contributed by atoms with Gasteiger partial charge in [0.05, 0.1) is 31.0 Å². The van der Waals surface area contributed by atoms with E-state index in [9.17, 15) is 23.1 Å². The summed E-state index contributed by atoms with van der Waals surface area (Å²) in [7, 11) is 0. The Balaban J connectivity index is 1.88. The maximum absolute atomic E-state index is 13.0. The molecular formula is C18H19F3N4O3S. The normalized spacial score (nSPS) is 15.8. The fraction of sp³-hybridized carbons (Fsp3) is 0.389. The van der Waals surface area contributed by atoms with Crippen LogP contribution < -0.4 is 5.56 Å². The Hall–Kier alpha value is -2.50. The summed E-state index contributed by atoms with van der Waals surface area (Å²) in [5.74, 6) is -0.576. The van der Waals surface area contributed by atoms with Crippen molar-refractivity contribution in [2.24, 2.45) is 4.99 Å². The second kappa shape index (κ2) is 8.89. The molecule has 2 aromatic rings. The maximum Gasteiger partial charge on any atom is 0.416 e. The van der Waals surface area contributed by atoms with Gasteiger partial charge in [-0.1, -0.05) is 6.07 Å². The highest BCUT2D eigenvalue weighted by atomic mass is 32.1. The molecule has 0 atom stereocenters. The Bertz CT molecular complexity index is 1010. The lowest BCUT2D eigenvalue weighted by Crippen LogP contribution is -2.37. The van der Waals surface area contributed by atoms with Gasteiger partial charge in [-0.3, -0.25) is 24.2 Å². The zero-order valence-corrected chi connectivity index (χ0v) is 16.1. The molecule has 0 bridgehead atoms. The van der Waals surface area contributed by atoms with E-state index in [1.807, 2.05) is 0 Å². The van der Waals surface area contributed by atoms with Gasteiger partial charge in [-0.05, 0) is 30.4 Å². The molecule has 0 radical (unpaired) electrons. The zero-order chi connectivity index (χ0) is 21.0. The van der Waals surface area contributed by atoms with Crippen LogP contribution in [0.2, 0.25) is 0 Å². The number of halogens is 3. The van der Waals surface area contributed by atoms with Gasteiger partial charge in [-0.15, -0.1) is 0 Å². The summed E-state index contributed by atoms with van der Waals surface area (Å²) in [6.45, 7) is 3.94. The van der Waals surface area contributed by atoms with Gasteiger partial charge >= 0.3 is 6.18 Å². The number of benzene rings is 1. The van der Waals surface area contributed by atoms with Gasteiger partial charge in [-0.25, -0.2) is 0 Å². The molecule has 1 aromatic carbocycles. The second-order valence-electron chi connectivity index (χ2n) is 6.37. The number of aromatic amines is 1. The van der Waals surface area contributed by atoms with Gasteiger partial charge in [0.1, 0.15) is 5.56 Å². The van der Waals surface area contributed by atoms with Crippen LogP contribution in [0.4, 0.5) is 13.2 Å². The van der Waals surface area contributed by atoms with Crippen molar-refractivity contribution >= 4 is 18.4 Å². The number of hydrogen-bond acceptors (Lipinski definition) is 6. The summed E-state index contributed by atoms with van der Waals surface area (Å²) in [4.78, 5) is 20.8. The average Bonchev–Trinajstić information content (AvgIpc) is 2.67. The second-order valence-corrected chi connectivity index (χ2v) is 6.76. The molecule has 0 spiro atoms. The third kappa shape index (κ3) is 5.11. The molecule has 29 heavy (non-hydrogen) atoms. The SMILES string of the molecule is O=c1[nH]c(=S)n(-c2cccc(C(F)(F)F)c2)c(O)c1C=NCCN1CCOCC1. The average molecular weight is 428 g/mol. The van der Waals surface area contributed by atoms with E-state index in [2.05, 4.69) is 14.9 Å². The first-order valence-corrected chi connectivity index (χ1v) is 9.24. The van der Waals surface area contributed by atoms with Crippen molar-refractivity contribution in [1.29, 1.82) is 0 Å². The number of aromatic nitrogens is 2. The van der Waals surface area contributed by atoms with Gasteiger partial charge in [0.25, 0.3) is 5.56 Å². The number of alkyl halides is 3. The first kappa shape index (κ1) is 21.2. The largest absolute Gasteiger partial charge is 0.494 e. The van der Waals surface area contributed by atoms with Gasteiger partial charge in [-0.2, -0.15) is 13.2 Å². The van der Waals surface area contributed by atoms with Crippen LogP contribution in [-0.4, -0.2) is 65.2 Å². The van der Waals surface area contributed by atoms with Crippen LogP contribution >= 0.6 is 12.2 Å². The Kier molecular flexibility index (Phi) is 6.50. The molecule has 1 aromatic heterocycles. The fourth-order valence-electron chi connectivity index (χ4n) is 2.90. The first-order chi connectivity index (χ1) is 13.8. The van der Waals surface area contributed by atoms with Crippen molar-refractivity contribution in [3.05, 3.63) is 50.5 Å². The standard InChI is InChI=1S/C18H19F3N4O3S/c19-18(20,21)12-2-1-3-13(10-12)25-16(27)14(15(26)23-17(25)29)11-22-4-5-24-6-8-28-9-7-24/h1-3,10-11,27H,4-9H2,(H,23,26,29). The van der Waals surface area contributed by atoms with Gasteiger partial charge in [0.15, 0.2) is 4.77 Å². The number of rotatable bonds is 5. The van der Waals surface area contributed by atoms with E-state index in [1.165, 1.54) is 18.3 Å². The highest BCUT2D eigenvalue weighted by Crippen LogP contribution is 2.31. The van der Waals surface area contributed by atoms with E-state index in [0.717, 1.165) is 29.8 Å². The number of aromatic hydroxyl groups is 1. The van der Waals surface area contributed by atoms with Crippen LogP contribution in [0, 0.1) is 4.77 Å². The van der Waals surface area contributed by atoms with E-state index < -0.39 is 23.2 Å². The molecule has 3 rings (SSSR count). The number of hydrogen-bond donors (Lipinski definition) is 2. The van der Waals surface area contributed by atoms with E-state index in [1.54, 1.807) is 0 Å². The summed E-state index contributed by atoms with van der Waals surface area (Å²) in [6.07, 6.45) is -3.35. The Morgan fingerprint density at radius 2 is 2.03 bits per heavy atom. The molecule has 0 amide bonds. The highest BCUT2D eigenvalue weighted by molar-refractivity contribution is 7.71. The molecule has 7 nitrogen and oxygen atoms in total. The van der Waals surface area contributed by atoms with E-state index in [-0.39, 0.29) is 16.0 Å². The number of nitrogens with one attached hydrogen (secondary N) is 1. The lowest BCUT2D eigenvalue weighted by molar-refractivity contribution is -0.137. The van der Waals surface area contributed by atoms with E-state index in [0.29, 0.717) is 26.3 Å². The van der Waals surface area contributed by atoms with Crippen molar-refractivity contribution in [3.63, 3.8) is 0 Å². The number of nitrogens with zero attached hydrogens (tertiary/aromatic N) is 3. The molecule has 2 heterocycles. The highest BCUT2D eigenvalue weighted by Gasteiger charge is 2.30. The molecule has 2 N–H and O–H groups in total. The smallest absolute Gasteiger partial charge is 0.416 e. The molecule has 0 saturated carbocycles. The maximum atomic E-state index is 13.0. The molecule has 0 unspecified atom stereocenters. The lowest BCUT2D eigenvalue weighted by atomic mass is 10.2. The summed E-state index contributed by atoms with van der Waals surface area (Å²) in [5.41, 5.74) is -1.78. The van der Waals surface area contributed by atoms with Crippen molar-refractivity contribution in [2.45, 2.75) is 6.18 Å². The minimum atomic E-state index is -4.56. The predicted octanol–water partition coefficient (Wildman–Crippen LogP) is 2.37. The number of H-pyrrole nitrogens is 1. The number of aliphatic imine (C=N–C) groups is 1. The van der Waals surface area contributed by atoms with Crippen LogP contribution in [-0.2, 0) is 10.9 Å².